The number of carbonyl (C=O) groups excluding carboxylic acids is 1. The Morgan fingerprint density at radius 2 is 1.61 bits per heavy atom. The van der Waals surface area contributed by atoms with Gasteiger partial charge in [-0.25, -0.2) is 0 Å². The van der Waals surface area contributed by atoms with Gasteiger partial charge in [0.25, 0.3) is 0 Å². The molecular formula is C20H24N2O. The van der Waals surface area contributed by atoms with E-state index in [9.17, 15) is 4.79 Å². The molecule has 1 amide bonds. The van der Waals surface area contributed by atoms with Gasteiger partial charge in [-0.2, -0.15) is 0 Å². The van der Waals surface area contributed by atoms with Crippen LogP contribution < -0.4 is 5.73 Å². The summed E-state index contributed by atoms with van der Waals surface area (Å²) in [6.45, 7) is 1.60. The molecule has 2 aromatic carbocycles. The first-order valence-electron chi connectivity index (χ1n) is 8.40. The average molecular weight is 308 g/mol. The Labute approximate surface area is 138 Å². The van der Waals surface area contributed by atoms with Crippen LogP contribution in [0.1, 0.15) is 42.3 Å². The van der Waals surface area contributed by atoms with Gasteiger partial charge in [-0.3, -0.25) is 4.79 Å². The van der Waals surface area contributed by atoms with Gasteiger partial charge < -0.3 is 10.6 Å². The summed E-state index contributed by atoms with van der Waals surface area (Å²) in [4.78, 5) is 14.6. The largest absolute Gasteiger partial charge is 0.341 e. The van der Waals surface area contributed by atoms with Gasteiger partial charge in [0.05, 0.1) is 0 Å². The van der Waals surface area contributed by atoms with Gasteiger partial charge in [-0.15, -0.1) is 0 Å². The molecule has 23 heavy (non-hydrogen) atoms. The quantitative estimate of drug-likeness (QED) is 0.943. The Bertz CT molecular complexity index is 627. The number of rotatable bonds is 3. The molecular weight excluding hydrogens is 284 g/mol. The smallest absolute Gasteiger partial charge is 0.244 e. The predicted molar refractivity (Wildman–Crippen MR) is 93.0 cm³/mol. The number of amides is 1. The van der Waals surface area contributed by atoms with Crippen LogP contribution in [0.2, 0.25) is 0 Å². The summed E-state index contributed by atoms with van der Waals surface area (Å²) in [5, 5.41) is 0. The summed E-state index contributed by atoms with van der Waals surface area (Å²) in [5.74, 6) is 0.590. The van der Waals surface area contributed by atoms with Crippen molar-refractivity contribution >= 4 is 5.91 Å². The van der Waals surface area contributed by atoms with Crippen molar-refractivity contribution in [1.29, 1.82) is 0 Å². The van der Waals surface area contributed by atoms with Crippen molar-refractivity contribution < 1.29 is 4.79 Å². The van der Waals surface area contributed by atoms with E-state index in [0.29, 0.717) is 5.92 Å². The van der Waals surface area contributed by atoms with E-state index in [2.05, 4.69) is 30.3 Å². The van der Waals surface area contributed by atoms with Crippen molar-refractivity contribution in [1.82, 2.24) is 4.90 Å². The summed E-state index contributed by atoms with van der Waals surface area (Å²) in [6, 6.07) is 19.7. The maximum absolute atomic E-state index is 12.7. The zero-order valence-corrected chi connectivity index (χ0v) is 13.4. The van der Waals surface area contributed by atoms with Gasteiger partial charge in [-0.05, 0) is 36.3 Å². The van der Waals surface area contributed by atoms with Crippen molar-refractivity contribution in [3.05, 3.63) is 71.8 Å². The third-order valence-corrected chi connectivity index (χ3v) is 4.74. The lowest BCUT2D eigenvalue weighted by molar-refractivity contribution is -0.132. The van der Waals surface area contributed by atoms with E-state index in [1.54, 1.807) is 0 Å². The van der Waals surface area contributed by atoms with E-state index >= 15 is 0 Å². The lowest BCUT2D eigenvalue weighted by Crippen LogP contribution is -2.39. The SMILES string of the molecule is NC(C(=O)N1CCCC(c2ccccc2)CC1)c1ccccc1. The molecule has 0 aromatic heterocycles. The molecule has 0 aliphatic carbocycles. The van der Waals surface area contributed by atoms with Gasteiger partial charge in [0.15, 0.2) is 0 Å². The fourth-order valence-corrected chi connectivity index (χ4v) is 3.37. The minimum Gasteiger partial charge on any atom is -0.341 e. The van der Waals surface area contributed by atoms with Crippen LogP contribution in [-0.2, 0) is 4.79 Å². The molecule has 0 spiro atoms. The number of benzene rings is 2. The van der Waals surface area contributed by atoms with Gasteiger partial charge in [-0.1, -0.05) is 60.7 Å². The van der Waals surface area contributed by atoms with Crippen LogP contribution in [0.4, 0.5) is 0 Å². The van der Waals surface area contributed by atoms with E-state index in [0.717, 1.165) is 37.9 Å². The highest BCUT2D eigenvalue weighted by atomic mass is 16.2. The molecule has 2 unspecified atom stereocenters. The van der Waals surface area contributed by atoms with Gasteiger partial charge in [0, 0.05) is 13.1 Å². The Morgan fingerprint density at radius 1 is 0.957 bits per heavy atom. The van der Waals surface area contributed by atoms with Crippen LogP contribution in [0.3, 0.4) is 0 Å². The predicted octanol–water partition coefficient (Wildman–Crippen LogP) is 3.48. The summed E-state index contributed by atoms with van der Waals surface area (Å²) in [5.41, 5.74) is 8.45. The summed E-state index contributed by atoms with van der Waals surface area (Å²) >= 11 is 0. The number of hydrogen-bond acceptors (Lipinski definition) is 2. The molecule has 120 valence electrons. The van der Waals surface area contributed by atoms with Gasteiger partial charge >= 0.3 is 0 Å². The van der Waals surface area contributed by atoms with E-state index in [-0.39, 0.29) is 5.91 Å². The molecule has 0 radical (unpaired) electrons. The molecule has 3 nitrogen and oxygen atoms in total. The molecule has 3 rings (SSSR count). The first-order chi connectivity index (χ1) is 11.3. The minimum absolute atomic E-state index is 0.0462. The monoisotopic (exact) mass is 308 g/mol. The van der Waals surface area contributed by atoms with E-state index in [1.807, 2.05) is 35.2 Å². The fourth-order valence-electron chi connectivity index (χ4n) is 3.37. The van der Waals surface area contributed by atoms with E-state index in [4.69, 9.17) is 5.73 Å². The van der Waals surface area contributed by atoms with Crippen molar-refractivity contribution in [2.75, 3.05) is 13.1 Å². The summed E-state index contributed by atoms with van der Waals surface area (Å²) < 4.78 is 0. The number of carbonyl (C=O) groups is 1. The number of nitrogens with two attached hydrogens (primary N) is 1. The van der Waals surface area contributed by atoms with Crippen LogP contribution >= 0.6 is 0 Å². The van der Waals surface area contributed by atoms with Crippen LogP contribution in [0.15, 0.2) is 60.7 Å². The number of nitrogens with zero attached hydrogens (tertiary/aromatic N) is 1. The average Bonchev–Trinajstić information content (AvgIpc) is 2.88. The molecule has 1 heterocycles. The van der Waals surface area contributed by atoms with Crippen molar-refractivity contribution in [2.24, 2.45) is 5.73 Å². The van der Waals surface area contributed by atoms with E-state index < -0.39 is 6.04 Å². The lowest BCUT2D eigenvalue weighted by atomic mass is 9.92. The van der Waals surface area contributed by atoms with Crippen molar-refractivity contribution in [3.63, 3.8) is 0 Å². The first kappa shape index (κ1) is 15.8. The minimum atomic E-state index is -0.551. The van der Waals surface area contributed by atoms with Crippen LogP contribution in [-0.4, -0.2) is 23.9 Å². The molecule has 1 saturated heterocycles. The van der Waals surface area contributed by atoms with Crippen molar-refractivity contribution in [2.45, 2.75) is 31.2 Å². The zero-order valence-electron chi connectivity index (χ0n) is 13.4. The highest BCUT2D eigenvalue weighted by molar-refractivity contribution is 5.83. The van der Waals surface area contributed by atoms with Crippen LogP contribution in [0, 0.1) is 0 Å². The standard InChI is InChI=1S/C20H24N2O/c21-19(18-10-5-2-6-11-18)20(23)22-14-7-12-17(13-15-22)16-8-3-1-4-9-16/h1-6,8-11,17,19H,7,12-15,21H2. The highest BCUT2D eigenvalue weighted by Gasteiger charge is 2.25. The molecule has 0 saturated carbocycles. The molecule has 3 heteroatoms. The molecule has 0 bridgehead atoms. The van der Waals surface area contributed by atoms with Crippen LogP contribution in [0.5, 0.6) is 0 Å². The number of likely N-dealkylation sites (tertiary alicyclic amines) is 1. The Kier molecular flexibility index (Phi) is 5.09. The third kappa shape index (κ3) is 3.80. The maximum Gasteiger partial charge on any atom is 0.244 e. The second kappa shape index (κ2) is 7.42. The third-order valence-electron chi connectivity index (χ3n) is 4.74. The lowest BCUT2D eigenvalue weighted by Gasteiger charge is -2.24. The van der Waals surface area contributed by atoms with Crippen LogP contribution in [0.25, 0.3) is 0 Å². The van der Waals surface area contributed by atoms with Crippen molar-refractivity contribution in [3.8, 4) is 0 Å². The summed E-state index contributed by atoms with van der Waals surface area (Å²) in [6.07, 6.45) is 3.18. The van der Waals surface area contributed by atoms with Gasteiger partial charge in [0.2, 0.25) is 5.91 Å². The Hall–Kier alpha value is -2.13. The first-order valence-corrected chi connectivity index (χ1v) is 8.40. The maximum atomic E-state index is 12.7. The Morgan fingerprint density at radius 3 is 2.30 bits per heavy atom. The Balaban J connectivity index is 1.65. The molecule has 1 fully saturated rings. The topological polar surface area (TPSA) is 46.3 Å². The molecule has 2 aromatic rings. The second-order valence-corrected chi connectivity index (χ2v) is 6.25. The summed E-state index contributed by atoms with van der Waals surface area (Å²) in [7, 11) is 0. The molecule has 2 atom stereocenters. The molecule has 1 aliphatic rings. The van der Waals surface area contributed by atoms with E-state index in [1.165, 1.54) is 5.56 Å². The zero-order chi connectivity index (χ0) is 16.1. The molecule has 2 N–H and O–H groups in total. The second-order valence-electron chi connectivity index (χ2n) is 6.25. The normalized spacial score (nSPS) is 19.9. The highest BCUT2D eigenvalue weighted by Crippen LogP contribution is 2.28. The fraction of sp³-hybridized carbons (Fsp3) is 0.350. The number of hydrogen-bond donors (Lipinski definition) is 1. The van der Waals surface area contributed by atoms with Gasteiger partial charge in [0.1, 0.15) is 6.04 Å². The molecule has 1 aliphatic heterocycles.